The van der Waals surface area contributed by atoms with Crippen molar-refractivity contribution < 1.29 is 4.74 Å². The van der Waals surface area contributed by atoms with E-state index in [4.69, 9.17) is 28.6 Å². The Balaban J connectivity index is 1.89. The van der Waals surface area contributed by atoms with Gasteiger partial charge in [-0.3, -0.25) is 0 Å². The Bertz CT molecular complexity index is 466. The molecule has 0 saturated carbocycles. The Kier molecular flexibility index (Phi) is 5.45. The molecule has 2 rings (SSSR count). The standard InChI is InChI=1S/C13H16BrClN2OS/c1-8(12-3-2-6-18-12)16-13(19)17-11-5-4-9(14)7-10(11)15/h4-5,7-8,12H,2-3,6H2,1H3,(H2,16,17,19)/t8-,12+/m0/s1. The molecule has 1 aliphatic heterocycles. The molecule has 0 aliphatic carbocycles. The van der Waals surface area contributed by atoms with Gasteiger partial charge < -0.3 is 15.4 Å². The summed E-state index contributed by atoms with van der Waals surface area (Å²) in [5, 5.41) is 7.53. The van der Waals surface area contributed by atoms with E-state index in [1.807, 2.05) is 18.2 Å². The maximum atomic E-state index is 6.13. The number of hydrogen-bond acceptors (Lipinski definition) is 2. The van der Waals surface area contributed by atoms with Crippen LogP contribution < -0.4 is 10.6 Å². The predicted molar refractivity (Wildman–Crippen MR) is 86.9 cm³/mol. The van der Waals surface area contributed by atoms with E-state index < -0.39 is 0 Å². The molecule has 0 spiro atoms. The maximum Gasteiger partial charge on any atom is 0.171 e. The van der Waals surface area contributed by atoms with E-state index in [1.165, 1.54) is 0 Å². The van der Waals surface area contributed by atoms with Gasteiger partial charge in [0.2, 0.25) is 0 Å². The highest BCUT2D eigenvalue weighted by atomic mass is 79.9. The smallest absolute Gasteiger partial charge is 0.171 e. The number of benzene rings is 1. The van der Waals surface area contributed by atoms with Crippen LogP contribution in [0.4, 0.5) is 5.69 Å². The fourth-order valence-corrected chi connectivity index (χ4v) is 3.06. The molecule has 1 aromatic rings. The fourth-order valence-electron chi connectivity index (χ4n) is 2.05. The van der Waals surface area contributed by atoms with E-state index in [2.05, 4.69) is 33.5 Å². The summed E-state index contributed by atoms with van der Waals surface area (Å²) in [6, 6.07) is 5.82. The van der Waals surface area contributed by atoms with Crippen molar-refractivity contribution in [2.45, 2.75) is 31.9 Å². The molecule has 3 nitrogen and oxygen atoms in total. The normalized spacial score (nSPS) is 20.1. The summed E-state index contributed by atoms with van der Waals surface area (Å²) in [7, 11) is 0. The van der Waals surface area contributed by atoms with Crippen LogP contribution in [0.25, 0.3) is 0 Å². The molecule has 2 N–H and O–H groups in total. The molecule has 1 heterocycles. The van der Waals surface area contributed by atoms with Crippen LogP contribution >= 0.6 is 39.7 Å². The zero-order valence-corrected chi connectivity index (χ0v) is 13.7. The summed E-state index contributed by atoms with van der Waals surface area (Å²) in [6.07, 6.45) is 2.44. The topological polar surface area (TPSA) is 33.3 Å². The number of anilines is 1. The third kappa shape index (κ3) is 4.31. The van der Waals surface area contributed by atoms with E-state index in [0.29, 0.717) is 10.1 Å². The van der Waals surface area contributed by atoms with Gasteiger partial charge in [0, 0.05) is 11.1 Å². The molecule has 0 unspecified atom stereocenters. The monoisotopic (exact) mass is 362 g/mol. The van der Waals surface area contributed by atoms with Crippen LogP contribution in [0.5, 0.6) is 0 Å². The molecule has 1 saturated heterocycles. The van der Waals surface area contributed by atoms with Crippen LogP contribution in [-0.4, -0.2) is 23.9 Å². The highest BCUT2D eigenvalue weighted by Crippen LogP contribution is 2.25. The molecule has 6 heteroatoms. The minimum absolute atomic E-state index is 0.191. The SMILES string of the molecule is C[C@H](NC(=S)Nc1ccc(Br)cc1Cl)[C@H]1CCCO1. The van der Waals surface area contributed by atoms with Gasteiger partial charge >= 0.3 is 0 Å². The minimum atomic E-state index is 0.191. The zero-order valence-electron chi connectivity index (χ0n) is 10.6. The van der Waals surface area contributed by atoms with Crippen LogP contribution in [0.15, 0.2) is 22.7 Å². The number of hydrogen-bond donors (Lipinski definition) is 2. The second kappa shape index (κ2) is 6.88. The number of rotatable bonds is 3. The molecule has 2 atom stereocenters. The molecular weight excluding hydrogens is 348 g/mol. The lowest BCUT2D eigenvalue weighted by Gasteiger charge is -2.22. The second-order valence-electron chi connectivity index (χ2n) is 4.56. The molecule has 1 aromatic carbocycles. The van der Waals surface area contributed by atoms with Gasteiger partial charge in [-0.05, 0) is 50.2 Å². The van der Waals surface area contributed by atoms with Crippen molar-refractivity contribution in [3.63, 3.8) is 0 Å². The number of nitrogens with one attached hydrogen (secondary N) is 2. The number of ether oxygens (including phenoxy) is 1. The van der Waals surface area contributed by atoms with Gasteiger partial charge in [-0.15, -0.1) is 0 Å². The molecule has 0 aromatic heterocycles. The molecule has 104 valence electrons. The Hall–Kier alpha value is -0.360. The first-order valence-corrected chi connectivity index (χ1v) is 7.78. The van der Waals surface area contributed by atoms with Crippen molar-refractivity contribution in [1.82, 2.24) is 5.32 Å². The van der Waals surface area contributed by atoms with Crippen molar-refractivity contribution in [3.05, 3.63) is 27.7 Å². The fraction of sp³-hybridized carbons (Fsp3) is 0.462. The largest absolute Gasteiger partial charge is 0.376 e. The molecule has 0 bridgehead atoms. The first kappa shape index (κ1) is 15.0. The van der Waals surface area contributed by atoms with Gasteiger partial charge in [-0.2, -0.15) is 0 Å². The third-order valence-corrected chi connectivity index (χ3v) is 4.09. The van der Waals surface area contributed by atoms with Gasteiger partial charge in [-0.1, -0.05) is 27.5 Å². The Morgan fingerprint density at radius 1 is 1.58 bits per heavy atom. The van der Waals surface area contributed by atoms with Crippen LogP contribution in [0.2, 0.25) is 5.02 Å². The Morgan fingerprint density at radius 2 is 2.37 bits per heavy atom. The molecule has 1 aliphatic rings. The van der Waals surface area contributed by atoms with Crippen molar-refractivity contribution in [2.75, 3.05) is 11.9 Å². The highest BCUT2D eigenvalue weighted by Gasteiger charge is 2.22. The molecule has 19 heavy (non-hydrogen) atoms. The summed E-state index contributed by atoms with van der Waals surface area (Å²) < 4.78 is 6.56. The highest BCUT2D eigenvalue weighted by molar-refractivity contribution is 9.10. The average molecular weight is 364 g/mol. The van der Waals surface area contributed by atoms with Crippen LogP contribution in [0, 0.1) is 0 Å². The number of halogens is 2. The summed E-state index contributed by atoms with van der Waals surface area (Å²) >= 11 is 14.8. The first-order valence-electron chi connectivity index (χ1n) is 6.20. The lowest BCUT2D eigenvalue weighted by molar-refractivity contribution is 0.0895. The zero-order chi connectivity index (χ0) is 13.8. The Labute approximate surface area is 132 Å². The lowest BCUT2D eigenvalue weighted by Crippen LogP contribution is -2.42. The van der Waals surface area contributed by atoms with Crippen molar-refractivity contribution in [1.29, 1.82) is 0 Å². The van der Waals surface area contributed by atoms with Gasteiger partial charge in [0.25, 0.3) is 0 Å². The van der Waals surface area contributed by atoms with Gasteiger partial charge in [0.1, 0.15) is 0 Å². The predicted octanol–water partition coefficient (Wildman–Crippen LogP) is 3.96. The van der Waals surface area contributed by atoms with Crippen LogP contribution in [0.3, 0.4) is 0 Å². The molecule has 1 fully saturated rings. The van der Waals surface area contributed by atoms with E-state index in [-0.39, 0.29) is 12.1 Å². The quantitative estimate of drug-likeness (QED) is 0.797. The van der Waals surface area contributed by atoms with Gasteiger partial charge in [0.15, 0.2) is 5.11 Å². The van der Waals surface area contributed by atoms with Crippen molar-refractivity contribution in [3.8, 4) is 0 Å². The van der Waals surface area contributed by atoms with Crippen molar-refractivity contribution >= 4 is 50.5 Å². The van der Waals surface area contributed by atoms with Gasteiger partial charge in [0.05, 0.1) is 22.9 Å². The average Bonchev–Trinajstić information content (AvgIpc) is 2.86. The van der Waals surface area contributed by atoms with E-state index in [1.54, 1.807) is 0 Å². The Morgan fingerprint density at radius 3 is 3.00 bits per heavy atom. The third-order valence-electron chi connectivity index (χ3n) is 3.06. The minimum Gasteiger partial charge on any atom is -0.376 e. The molecular formula is C13H16BrClN2OS. The van der Waals surface area contributed by atoms with E-state index in [0.717, 1.165) is 29.6 Å². The van der Waals surface area contributed by atoms with E-state index in [9.17, 15) is 0 Å². The van der Waals surface area contributed by atoms with E-state index >= 15 is 0 Å². The summed E-state index contributed by atoms with van der Waals surface area (Å²) in [5.41, 5.74) is 0.793. The first-order chi connectivity index (χ1) is 9.06. The van der Waals surface area contributed by atoms with Crippen molar-refractivity contribution in [2.24, 2.45) is 0 Å². The lowest BCUT2D eigenvalue weighted by atomic mass is 10.1. The summed E-state index contributed by atoms with van der Waals surface area (Å²) in [6.45, 7) is 2.92. The molecule has 0 amide bonds. The van der Waals surface area contributed by atoms with Crippen LogP contribution in [0.1, 0.15) is 19.8 Å². The number of thiocarbonyl (C=S) groups is 1. The summed E-state index contributed by atoms with van der Waals surface area (Å²) in [5.74, 6) is 0. The second-order valence-corrected chi connectivity index (χ2v) is 6.29. The maximum absolute atomic E-state index is 6.13. The van der Waals surface area contributed by atoms with Gasteiger partial charge in [-0.25, -0.2) is 0 Å². The summed E-state index contributed by atoms with van der Waals surface area (Å²) in [4.78, 5) is 0. The molecule has 0 radical (unpaired) electrons. The van der Waals surface area contributed by atoms with Crippen LogP contribution in [-0.2, 0) is 4.74 Å².